The van der Waals surface area contributed by atoms with Crippen molar-refractivity contribution < 1.29 is 38.5 Å². The number of anilines is 1. The molecule has 11 heteroatoms. The average molecular weight is 517 g/mol. The minimum absolute atomic E-state index is 0.00250. The molecule has 3 aromatic carbocycles. The van der Waals surface area contributed by atoms with Gasteiger partial charge >= 0.3 is 11.9 Å². The van der Waals surface area contributed by atoms with Crippen LogP contribution in [0.25, 0.3) is 16.8 Å². The zero-order valence-electron chi connectivity index (χ0n) is 20.1. The van der Waals surface area contributed by atoms with Gasteiger partial charge in [-0.2, -0.15) is 0 Å². The molecule has 1 aliphatic rings. The molecule has 1 aromatic heterocycles. The van der Waals surface area contributed by atoms with Gasteiger partial charge in [-0.25, -0.2) is 14.2 Å². The maximum Gasteiger partial charge on any atom is 0.335 e. The largest absolute Gasteiger partial charge is 0.507 e. The topological polar surface area (TPSA) is 142 Å². The molecule has 1 aliphatic heterocycles. The lowest BCUT2D eigenvalue weighted by molar-refractivity contribution is -0.132. The Labute approximate surface area is 214 Å². The number of Topliss-reactive ketones (excluding diaryl/α,β-unsaturated/α-hetero) is 1. The number of carbonyl (C=O) groups excluding carboxylic acids is 2. The number of rotatable bonds is 6. The first-order chi connectivity index (χ1) is 18.2. The van der Waals surface area contributed by atoms with Crippen molar-refractivity contribution in [1.82, 2.24) is 9.97 Å². The third-order valence-electron chi connectivity index (χ3n) is 6.22. The van der Waals surface area contributed by atoms with Gasteiger partial charge in [0.15, 0.2) is 0 Å². The highest BCUT2D eigenvalue weighted by molar-refractivity contribution is 6.51. The van der Waals surface area contributed by atoms with Gasteiger partial charge in [0.05, 0.1) is 48.0 Å². The molecule has 1 amide bonds. The minimum atomic E-state index is -1.20. The Bertz CT molecular complexity index is 1660. The van der Waals surface area contributed by atoms with Crippen LogP contribution in [0.15, 0.2) is 66.2 Å². The van der Waals surface area contributed by atoms with Crippen molar-refractivity contribution in [3.05, 3.63) is 88.7 Å². The highest BCUT2D eigenvalue weighted by Crippen LogP contribution is 2.43. The van der Waals surface area contributed by atoms with Crippen molar-refractivity contribution >= 4 is 40.4 Å². The summed E-state index contributed by atoms with van der Waals surface area (Å²) in [5.74, 6) is -4.06. The molecule has 10 nitrogen and oxygen atoms in total. The molecule has 3 N–H and O–H groups in total. The number of hydrogen-bond acceptors (Lipinski definition) is 7. The van der Waals surface area contributed by atoms with E-state index in [9.17, 15) is 29.0 Å². The van der Waals surface area contributed by atoms with Crippen molar-refractivity contribution in [2.75, 3.05) is 19.1 Å². The Kier molecular flexibility index (Phi) is 6.03. The van der Waals surface area contributed by atoms with E-state index in [4.69, 9.17) is 9.47 Å². The van der Waals surface area contributed by atoms with Crippen molar-refractivity contribution in [1.29, 1.82) is 0 Å². The number of aromatic carboxylic acids is 1. The summed E-state index contributed by atoms with van der Waals surface area (Å²) in [5.41, 5.74) is 0.624. The molecular formula is C27H20FN3O7. The third kappa shape index (κ3) is 3.99. The number of carboxylic acids is 1. The molecule has 0 radical (unpaired) electrons. The number of carbonyl (C=O) groups is 3. The van der Waals surface area contributed by atoms with Gasteiger partial charge in [-0.05, 0) is 54.1 Å². The summed E-state index contributed by atoms with van der Waals surface area (Å²) >= 11 is 0. The predicted octanol–water partition coefficient (Wildman–Crippen LogP) is 4.04. The number of nitrogens with zero attached hydrogens (tertiary/aromatic N) is 2. The quantitative estimate of drug-likeness (QED) is 0.198. The van der Waals surface area contributed by atoms with Gasteiger partial charge in [-0.1, -0.05) is 12.1 Å². The first-order valence-corrected chi connectivity index (χ1v) is 11.3. The zero-order chi connectivity index (χ0) is 27.1. The van der Waals surface area contributed by atoms with Crippen molar-refractivity contribution in [2.45, 2.75) is 6.04 Å². The van der Waals surface area contributed by atoms with Crippen LogP contribution >= 0.6 is 0 Å². The number of fused-ring (bicyclic) bond motifs is 1. The Morgan fingerprint density at radius 1 is 1.03 bits per heavy atom. The lowest BCUT2D eigenvalue weighted by Gasteiger charge is -2.23. The van der Waals surface area contributed by atoms with Gasteiger partial charge < -0.3 is 24.7 Å². The van der Waals surface area contributed by atoms with E-state index in [1.165, 1.54) is 38.5 Å². The number of aliphatic hydroxyl groups is 1. The second-order valence-corrected chi connectivity index (χ2v) is 8.39. The number of benzene rings is 3. The first kappa shape index (κ1) is 24.5. The van der Waals surface area contributed by atoms with E-state index in [1.807, 2.05) is 0 Å². The van der Waals surface area contributed by atoms with Crippen LogP contribution in [0.1, 0.15) is 27.5 Å². The van der Waals surface area contributed by atoms with Crippen LogP contribution in [0.4, 0.5) is 10.3 Å². The maximum atomic E-state index is 14.1. The summed E-state index contributed by atoms with van der Waals surface area (Å²) < 4.78 is 24.7. The zero-order valence-corrected chi connectivity index (χ0v) is 20.1. The van der Waals surface area contributed by atoms with Crippen LogP contribution in [0.2, 0.25) is 0 Å². The standard InChI is InChI=1S/C27H20FN3O7/c1-37-16-5-3-4-13(10-16)22-21(23(32)17-12-15(28)7-9-20(17)38-2)24(33)25(34)31(22)27-29-18-8-6-14(26(35)36)11-19(18)30-27/h3-12,22,32H,1-2H3,(H,29,30)(H,35,36)/b23-21+. The summed E-state index contributed by atoms with van der Waals surface area (Å²) in [4.78, 5) is 46.6. The van der Waals surface area contributed by atoms with Crippen molar-refractivity contribution in [3.63, 3.8) is 0 Å². The van der Waals surface area contributed by atoms with E-state index in [0.29, 0.717) is 22.3 Å². The van der Waals surface area contributed by atoms with Crippen molar-refractivity contribution in [3.8, 4) is 11.5 Å². The molecule has 0 spiro atoms. The predicted molar refractivity (Wildman–Crippen MR) is 134 cm³/mol. The number of ketones is 1. The van der Waals surface area contributed by atoms with Crippen LogP contribution in [-0.2, 0) is 9.59 Å². The Balaban J connectivity index is 1.76. The van der Waals surface area contributed by atoms with Gasteiger partial charge in [-0.15, -0.1) is 0 Å². The first-order valence-electron chi connectivity index (χ1n) is 11.3. The van der Waals surface area contributed by atoms with Crippen LogP contribution < -0.4 is 14.4 Å². The molecule has 5 rings (SSSR count). The van der Waals surface area contributed by atoms with Crippen LogP contribution in [-0.4, -0.2) is 52.1 Å². The number of hydrogen-bond donors (Lipinski definition) is 3. The summed E-state index contributed by atoms with van der Waals surface area (Å²) in [6.07, 6.45) is 0. The number of nitrogens with one attached hydrogen (secondary N) is 1. The number of aromatic nitrogens is 2. The van der Waals surface area contributed by atoms with Crippen LogP contribution in [0, 0.1) is 5.82 Å². The molecule has 38 heavy (non-hydrogen) atoms. The molecular weight excluding hydrogens is 497 g/mol. The third-order valence-corrected chi connectivity index (χ3v) is 6.22. The normalized spacial score (nSPS) is 16.7. The highest BCUT2D eigenvalue weighted by atomic mass is 19.1. The smallest absolute Gasteiger partial charge is 0.335 e. The fourth-order valence-electron chi connectivity index (χ4n) is 4.43. The number of ether oxygens (including phenoxy) is 2. The van der Waals surface area contributed by atoms with E-state index in [1.54, 1.807) is 24.3 Å². The van der Waals surface area contributed by atoms with Gasteiger partial charge in [0.1, 0.15) is 23.1 Å². The van der Waals surface area contributed by atoms with Gasteiger partial charge in [0.2, 0.25) is 5.95 Å². The van der Waals surface area contributed by atoms with E-state index in [-0.39, 0.29) is 28.4 Å². The Hall–Kier alpha value is -5.19. The molecule has 1 saturated heterocycles. The lowest BCUT2D eigenvalue weighted by atomic mass is 9.95. The number of carboxylic acid groups (broad SMARTS) is 1. The molecule has 0 bridgehead atoms. The van der Waals surface area contributed by atoms with Crippen LogP contribution in [0.5, 0.6) is 11.5 Å². The SMILES string of the molecule is COc1cccc(C2/C(=C(\O)c3cc(F)ccc3OC)C(=O)C(=O)N2c2nc3ccc(C(=O)O)cc3[nH]2)c1. The number of H-pyrrole nitrogens is 1. The van der Waals surface area contributed by atoms with Gasteiger partial charge in [-0.3, -0.25) is 14.5 Å². The molecule has 4 aromatic rings. The monoisotopic (exact) mass is 517 g/mol. The van der Waals surface area contributed by atoms with E-state index < -0.39 is 35.3 Å². The van der Waals surface area contributed by atoms with Gasteiger partial charge in [0.25, 0.3) is 5.78 Å². The molecule has 1 atom stereocenters. The fraction of sp³-hybridized carbons (Fsp3) is 0.111. The molecule has 0 aliphatic carbocycles. The van der Waals surface area contributed by atoms with Crippen molar-refractivity contribution in [2.24, 2.45) is 0 Å². The molecule has 1 unspecified atom stereocenters. The van der Waals surface area contributed by atoms with E-state index in [0.717, 1.165) is 17.0 Å². The Morgan fingerprint density at radius 2 is 1.82 bits per heavy atom. The highest BCUT2D eigenvalue weighted by Gasteiger charge is 2.48. The summed E-state index contributed by atoms with van der Waals surface area (Å²) in [7, 11) is 2.77. The molecule has 0 saturated carbocycles. The fourth-order valence-corrected chi connectivity index (χ4v) is 4.43. The Morgan fingerprint density at radius 3 is 2.53 bits per heavy atom. The maximum absolute atomic E-state index is 14.1. The molecule has 2 heterocycles. The number of amides is 1. The summed E-state index contributed by atoms with van der Waals surface area (Å²) in [6, 6.07) is 12.9. The van der Waals surface area contributed by atoms with E-state index in [2.05, 4.69) is 9.97 Å². The summed E-state index contributed by atoms with van der Waals surface area (Å²) in [6.45, 7) is 0. The van der Waals surface area contributed by atoms with E-state index >= 15 is 0 Å². The number of halogens is 1. The number of methoxy groups -OCH3 is 2. The number of imidazole rings is 1. The molecule has 192 valence electrons. The second-order valence-electron chi connectivity index (χ2n) is 8.39. The second kappa shape index (κ2) is 9.36. The minimum Gasteiger partial charge on any atom is -0.507 e. The molecule has 1 fully saturated rings. The number of aliphatic hydroxyl groups excluding tert-OH is 1. The lowest BCUT2D eigenvalue weighted by Crippen LogP contribution is -2.30. The van der Waals surface area contributed by atoms with Crippen LogP contribution in [0.3, 0.4) is 0 Å². The van der Waals surface area contributed by atoms with Gasteiger partial charge in [0, 0.05) is 0 Å². The number of aromatic amines is 1. The summed E-state index contributed by atoms with van der Waals surface area (Å²) in [5, 5.41) is 20.6. The average Bonchev–Trinajstić information content (AvgIpc) is 3.45.